The fourth-order valence-electron chi connectivity index (χ4n) is 4.85. The fourth-order valence-corrected chi connectivity index (χ4v) is 6.36. The SMILES string of the molecule is Cc1ccc(-c2c3ccccc3cc3c2c2ccccc2n3S(=O)(=O)c2ccc(C)cc2)cc1. The smallest absolute Gasteiger partial charge is 0.233 e. The van der Waals surface area contributed by atoms with E-state index in [9.17, 15) is 8.42 Å². The molecule has 3 nitrogen and oxygen atoms in total. The molecule has 0 bridgehead atoms. The van der Waals surface area contributed by atoms with E-state index in [1.165, 1.54) is 9.54 Å². The van der Waals surface area contributed by atoms with Gasteiger partial charge in [0.1, 0.15) is 0 Å². The Labute approximate surface area is 199 Å². The van der Waals surface area contributed by atoms with Crippen LogP contribution in [0.4, 0.5) is 0 Å². The normalized spacial score (nSPS) is 12.1. The molecule has 0 spiro atoms. The van der Waals surface area contributed by atoms with E-state index in [4.69, 9.17) is 0 Å². The average Bonchev–Trinajstić information content (AvgIpc) is 3.18. The minimum atomic E-state index is -3.82. The first kappa shape index (κ1) is 20.7. The van der Waals surface area contributed by atoms with Gasteiger partial charge in [-0.2, -0.15) is 0 Å². The van der Waals surface area contributed by atoms with Crippen molar-refractivity contribution < 1.29 is 8.42 Å². The highest BCUT2D eigenvalue weighted by Crippen LogP contribution is 2.43. The molecule has 0 aliphatic heterocycles. The summed E-state index contributed by atoms with van der Waals surface area (Å²) in [5.41, 5.74) is 5.71. The molecule has 0 aliphatic carbocycles. The van der Waals surface area contributed by atoms with Gasteiger partial charge < -0.3 is 0 Å². The molecule has 6 rings (SSSR count). The van der Waals surface area contributed by atoms with Gasteiger partial charge >= 0.3 is 0 Å². The molecule has 34 heavy (non-hydrogen) atoms. The third-order valence-corrected chi connectivity index (χ3v) is 8.28. The van der Waals surface area contributed by atoms with E-state index in [0.29, 0.717) is 11.0 Å². The molecule has 0 atom stereocenters. The number of aryl methyl sites for hydroxylation is 2. The van der Waals surface area contributed by atoms with Crippen molar-refractivity contribution in [2.45, 2.75) is 18.7 Å². The molecule has 0 fully saturated rings. The van der Waals surface area contributed by atoms with Gasteiger partial charge in [0, 0.05) is 10.8 Å². The van der Waals surface area contributed by atoms with Gasteiger partial charge in [-0.3, -0.25) is 0 Å². The summed E-state index contributed by atoms with van der Waals surface area (Å²) in [6.07, 6.45) is 0. The molecular formula is C30H23NO2S. The Morgan fingerprint density at radius 1 is 0.618 bits per heavy atom. The summed E-state index contributed by atoms with van der Waals surface area (Å²) >= 11 is 0. The second-order valence-corrected chi connectivity index (χ2v) is 10.6. The number of hydrogen-bond acceptors (Lipinski definition) is 2. The van der Waals surface area contributed by atoms with Crippen LogP contribution in [0, 0.1) is 13.8 Å². The second kappa shape index (κ2) is 7.57. The third-order valence-electron chi connectivity index (χ3n) is 6.54. The molecule has 0 aliphatic rings. The summed E-state index contributed by atoms with van der Waals surface area (Å²) in [5.74, 6) is 0. The Morgan fingerprint density at radius 3 is 1.91 bits per heavy atom. The molecule has 1 aromatic heterocycles. The maximum absolute atomic E-state index is 14.0. The molecule has 1 heterocycles. The van der Waals surface area contributed by atoms with Crippen molar-refractivity contribution in [3.63, 3.8) is 0 Å². The molecule has 0 unspecified atom stereocenters. The zero-order chi connectivity index (χ0) is 23.4. The summed E-state index contributed by atoms with van der Waals surface area (Å²) < 4.78 is 29.6. The van der Waals surface area contributed by atoms with Crippen molar-refractivity contribution >= 4 is 42.6 Å². The van der Waals surface area contributed by atoms with Gasteiger partial charge in [-0.1, -0.05) is 90.0 Å². The van der Waals surface area contributed by atoms with Gasteiger partial charge in [0.25, 0.3) is 10.0 Å². The summed E-state index contributed by atoms with van der Waals surface area (Å²) in [5, 5.41) is 3.99. The van der Waals surface area contributed by atoms with E-state index >= 15 is 0 Å². The average molecular weight is 462 g/mol. The second-order valence-electron chi connectivity index (χ2n) is 8.83. The largest absolute Gasteiger partial charge is 0.268 e. The predicted molar refractivity (Wildman–Crippen MR) is 141 cm³/mol. The van der Waals surface area contributed by atoms with Crippen molar-refractivity contribution in [2.24, 2.45) is 0 Å². The minimum Gasteiger partial charge on any atom is -0.233 e. The Kier molecular flexibility index (Phi) is 4.61. The van der Waals surface area contributed by atoms with Crippen LogP contribution >= 0.6 is 0 Å². The van der Waals surface area contributed by atoms with Crippen LogP contribution in [-0.4, -0.2) is 12.4 Å². The van der Waals surface area contributed by atoms with Crippen LogP contribution in [0.5, 0.6) is 0 Å². The van der Waals surface area contributed by atoms with Crippen LogP contribution in [0.1, 0.15) is 11.1 Å². The minimum absolute atomic E-state index is 0.283. The number of aromatic nitrogens is 1. The Bertz CT molecular complexity index is 1810. The number of fused-ring (bicyclic) bond motifs is 4. The number of rotatable bonds is 3. The van der Waals surface area contributed by atoms with Gasteiger partial charge in [0.05, 0.1) is 15.9 Å². The van der Waals surface area contributed by atoms with E-state index < -0.39 is 10.0 Å². The standard InChI is InChI=1S/C30H23NO2S/c1-20-11-15-22(16-12-20)29-25-8-4-3-7-23(25)19-28-30(29)26-9-5-6-10-27(26)31(28)34(32,33)24-17-13-21(2)14-18-24/h3-19H,1-2H3. The van der Waals surface area contributed by atoms with E-state index in [1.54, 1.807) is 12.1 Å². The quantitative estimate of drug-likeness (QED) is 0.274. The predicted octanol–water partition coefficient (Wildman–Crippen LogP) is 7.47. The van der Waals surface area contributed by atoms with Gasteiger partial charge in [-0.25, -0.2) is 12.4 Å². The Morgan fingerprint density at radius 2 is 1.21 bits per heavy atom. The number of hydrogen-bond donors (Lipinski definition) is 0. The van der Waals surface area contributed by atoms with Gasteiger partial charge in [0.15, 0.2) is 0 Å². The Hall–Kier alpha value is -3.89. The van der Waals surface area contributed by atoms with Crippen molar-refractivity contribution in [3.05, 3.63) is 114 Å². The monoisotopic (exact) mass is 461 g/mol. The van der Waals surface area contributed by atoms with Gasteiger partial charge in [-0.05, 0) is 60.0 Å². The molecular weight excluding hydrogens is 438 g/mol. The molecule has 166 valence electrons. The molecule has 5 aromatic carbocycles. The lowest BCUT2D eigenvalue weighted by molar-refractivity contribution is 0.590. The lowest BCUT2D eigenvalue weighted by Gasteiger charge is -2.13. The zero-order valence-electron chi connectivity index (χ0n) is 19.0. The highest BCUT2D eigenvalue weighted by molar-refractivity contribution is 7.90. The summed E-state index contributed by atoms with van der Waals surface area (Å²) in [4.78, 5) is 0.283. The van der Waals surface area contributed by atoms with E-state index in [1.807, 2.05) is 67.6 Å². The van der Waals surface area contributed by atoms with Crippen LogP contribution < -0.4 is 0 Å². The van der Waals surface area contributed by atoms with E-state index in [0.717, 1.165) is 38.2 Å². The lowest BCUT2D eigenvalue weighted by Crippen LogP contribution is -2.12. The van der Waals surface area contributed by atoms with Crippen LogP contribution in [0.2, 0.25) is 0 Å². The first-order valence-electron chi connectivity index (χ1n) is 11.3. The van der Waals surface area contributed by atoms with Crippen molar-refractivity contribution in [1.29, 1.82) is 0 Å². The van der Waals surface area contributed by atoms with Crippen LogP contribution in [0.15, 0.2) is 108 Å². The maximum Gasteiger partial charge on any atom is 0.268 e. The Balaban J connectivity index is 1.83. The first-order valence-corrected chi connectivity index (χ1v) is 12.7. The molecule has 0 saturated heterocycles. The highest BCUT2D eigenvalue weighted by Gasteiger charge is 2.25. The van der Waals surface area contributed by atoms with Crippen molar-refractivity contribution in [2.75, 3.05) is 0 Å². The highest BCUT2D eigenvalue weighted by atomic mass is 32.2. The lowest BCUT2D eigenvalue weighted by atomic mass is 9.93. The summed E-state index contributed by atoms with van der Waals surface area (Å²) in [7, 11) is -3.82. The maximum atomic E-state index is 14.0. The van der Waals surface area contributed by atoms with Crippen LogP contribution in [0.3, 0.4) is 0 Å². The number of nitrogens with zero attached hydrogens (tertiary/aromatic N) is 1. The van der Waals surface area contributed by atoms with E-state index in [2.05, 4.69) is 37.3 Å². The molecule has 6 aromatic rings. The van der Waals surface area contributed by atoms with E-state index in [-0.39, 0.29) is 4.90 Å². The molecule has 0 radical (unpaired) electrons. The molecule has 0 amide bonds. The fraction of sp³-hybridized carbons (Fsp3) is 0.0667. The molecule has 0 N–H and O–H groups in total. The topological polar surface area (TPSA) is 39.1 Å². The third kappa shape index (κ3) is 3.06. The van der Waals surface area contributed by atoms with Crippen molar-refractivity contribution in [3.8, 4) is 11.1 Å². The summed E-state index contributed by atoms with van der Waals surface area (Å²) in [6.45, 7) is 4.03. The molecule has 0 saturated carbocycles. The van der Waals surface area contributed by atoms with Gasteiger partial charge in [0.2, 0.25) is 0 Å². The number of benzene rings is 5. The summed E-state index contributed by atoms with van der Waals surface area (Å²) in [6, 6.07) is 33.5. The van der Waals surface area contributed by atoms with Crippen LogP contribution in [-0.2, 0) is 10.0 Å². The number of para-hydroxylation sites is 1. The zero-order valence-corrected chi connectivity index (χ0v) is 19.8. The first-order chi connectivity index (χ1) is 16.4. The van der Waals surface area contributed by atoms with Gasteiger partial charge in [-0.15, -0.1) is 0 Å². The molecule has 4 heteroatoms. The van der Waals surface area contributed by atoms with Crippen molar-refractivity contribution in [1.82, 2.24) is 3.97 Å². The van der Waals surface area contributed by atoms with Crippen LogP contribution in [0.25, 0.3) is 43.7 Å².